The standard InChI is InChI=1S/C23H19N3O2/c1-27-20-14-12-17(13-15-20)16-24-21(18-8-4-2-5-9-18)22-25-23(28-26-22)19-10-6-3-7-11-19/h2-16,21H,1H3. The van der Waals surface area contributed by atoms with Crippen LogP contribution in [-0.4, -0.2) is 23.5 Å². The molecule has 0 N–H and O–H groups in total. The zero-order valence-electron chi connectivity index (χ0n) is 15.4. The van der Waals surface area contributed by atoms with Gasteiger partial charge in [0.1, 0.15) is 11.8 Å². The predicted molar refractivity (Wildman–Crippen MR) is 109 cm³/mol. The maximum absolute atomic E-state index is 5.48. The fourth-order valence-electron chi connectivity index (χ4n) is 2.83. The van der Waals surface area contributed by atoms with Crippen LogP contribution in [0, 0.1) is 0 Å². The van der Waals surface area contributed by atoms with Crippen LogP contribution < -0.4 is 4.74 Å². The SMILES string of the molecule is COc1ccc(C=NC(c2ccccc2)c2noc(-c3ccccc3)n2)cc1. The number of hydrogen-bond donors (Lipinski definition) is 0. The van der Waals surface area contributed by atoms with Gasteiger partial charge >= 0.3 is 0 Å². The van der Waals surface area contributed by atoms with Gasteiger partial charge in [0.05, 0.1) is 7.11 Å². The molecule has 0 bridgehead atoms. The van der Waals surface area contributed by atoms with Crippen molar-refractivity contribution < 1.29 is 9.26 Å². The van der Waals surface area contributed by atoms with E-state index in [9.17, 15) is 0 Å². The molecule has 5 heteroatoms. The third kappa shape index (κ3) is 3.99. The molecule has 0 amide bonds. The van der Waals surface area contributed by atoms with Gasteiger partial charge in [-0.25, -0.2) is 0 Å². The molecule has 5 nitrogen and oxygen atoms in total. The van der Waals surface area contributed by atoms with Gasteiger partial charge in [-0.1, -0.05) is 53.7 Å². The summed E-state index contributed by atoms with van der Waals surface area (Å²) in [4.78, 5) is 9.33. The molecule has 0 radical (unpaired) electrons. The summed E-state index contributed by atoms with van der Waals surface area (Å²) in [5.41, 5.74) is 2.84. The number of methoxy groups -OCH3 is 1. The van der Waals surface area contributed by atoms with Crippen LogP contribution in [0.4, 0.5) is 0 Å². The lowest BCUT2D eigenvalue weighted by Crippen LogP contribution is -2.01. The van der Waals surface area contributed by atoms with E-state index in [1.807, 2.05) is 91.1 Å². The van der Waals surface area contributed by atoms with Gasteiger partial charge < -0.3 is 9.26 Å². The smallest absolute Gasteiger partial charge is 0.258 e. The number of nitrogens with zero attached hydrogens (tertiary/aromatic N) is 3. The third-order valence-corrected chi connectivity index (χ3v) is 4.31. The summed E-state index contributed by atoms with van der Waals surface area (Å²) >= 11 is 0. The third-order valence-electron chi connectivity index (χ3n) is 4.31. The van der Waals surface area contributed by atoms with Crippen LogP contribution in [0.25, 0.3) is 11.5 Å². The van der Waals surface area contributed by atoms with Crippen molar-refractivity contribution in [3.8, 4) is 17.2 Å². The van der Waals surface area contributed by atoms with Crippen molar-refractivity contribution in [2.24, 2.45) is 4.99 Å². The van der Waals surface area contributed by atoms with Gasteiger partial charge in [0.15, 0.2) is 0 Å². The molecule has 0 aliphatic carbocycles. The molecule has 0 fully saturated rings. The molecule has 1 aromatic heterocycles. The Kier molecular flexibility index (Phi) is 5.24. The van der Waals surface area contributed by atoms with Gasteiger partial charge in [-0.15, -0.1) is 0 Å². The lowest BCUT2D eigenvalue weighted by molar-refractivity contribution is 0.415. The molecule has 0 saturated heterocycles. The van der Waals surface area contributed by atoms with Crippen LogP contribution >= 0.6 is 0 Å². The molecule has 0 saturated carbocycles. The highest BCUT2D eigenvalue weighted by Gasteiger charge is 2.19. The van der Waals surface area contributed by atoms with Crippen LogP contribution in [0.2, 0.25) is 0 Å². The summed E-state index contributed by atoms with van der Waals surface area (Å²) in [6.07, 6.45) is 1.82. The highest BCUT2D eigenvalue weighted by Crippen LogP contribution is 2.26. The average Bonchev–Trinajstić information content (AvgIpc) is 3.26. The van der Waals surface area contributed by atoms with Gasteiger partial charge in [-0.05, 0) is 47.5 Å². The molecule has 3 aromatic carbocycles. The molecule has 138 valence electrons. The van der Waals surface area contributed by atoms with Crippen molar-refractivity contribution in [1.82, 2.24) is 10.1 Å². The molecule has 4 rings (SSSR count). The van der Waals surface area contributed by atoms with E-state index in [1.54, 1.807) is 7.11 Å². The number of benzene rings is 3. The van der Waals surface area contributed by atoms with Gasteiger partial charge in [0, 0.05) is 11.8 Å². The molecule has 0 aliphatic rings. The van der Waals surface area contributed by atoms with Crippen molar-refractivity contribution >= 4 is 6.21 Å². The van der Waals surface area contributed by atoms with Gasteiger partial charge in [-0.2, -0.15) is 4.98 Å². The van der Waals surface area contributed by atoms with E-state index in [4.69, 9.17) is 14.3 Å². The van der Waals surface area contributed by atoms with Crippen molar-refractivity contribution in [3.05, 3.63) is 102 Å². The van der Waals surface area contributed by atoms with Gasteiger partial charge in [0.25, 0.3) is 5.89 Å². The van der Waals surface area contributed by atoms with E-state index in [2.05, 4.69) is 10.1 Å². The number of rotatable bonds is 6. The Morgan fingerprint density at radius 3 is 2.25 bits per heavy atom. The van der Waals surface area contributed by atoms with E-state index in [-0.39, 0.29) is 6.04 Å². The Morgan fingerprint density at radius 2 is 1.57 bits per heavy atom. The summed E-state index contributed by atoms with van der Waals surface area (Å²) in [5, 5.41) is 4.19. The average molecular weight is 369 g/mol. The first-order chi connectivity index (χ1) is 13.8. The fraction of sp³-hybridized carbons (Fsp3) is 0.0870. The number of aliphatic imine (C=N–C) groups is 1. The molecule has 1 heterocycles. The van der Waals surface area contributed by atoms with E-state index in [0.717, 1.165) is 22.4 Å². The van der Waals surface area contributed by atoms with Crippen molar-refractivity contribution in [3.63, 3.8) is 0 Å². The van der Waals surface area contributed by atoms with Crippen LogP contribution in [0.1, 0.15) is 23.0 Å². The highest BCUT2D eigenvalue weighted by atomic mass is 16.5. The first kappa shape index (κ1) is 17.7. The Hall–Kier alpha value is -3.73. The fourth-order valence-corrected chi connectivity index (χ4v) is 2.83. The lowest BCUT2D eigenvalue weighted by Gasteiger charge is -2.08. The second-order valence-electron chi connectivity index (χ2n) is 6.19. The van der Waals surface area contributed by atoms with Crippen molar-refractivity contribution in [2.45, 2.75) is 6.04 Å². The van der Waals surface area contributed by atoms with E-state index >= 15 is 0 Å². The number of ether oxygens (including phenoxy) is 1. The molecule has 4 aromatic rings. The van der Waals surface area contributed by atoms with E-state index in [0.29, 0.717) is 11.7 Å². The minimum Gasteiger partial charge on any atom is -0.497 e. The van der Waals surface area contributed by atoms with Crippen LogP contribution in [0.15, 0.2) is 94.4 Å². The first-order valence-corrected chi connectivity index (χ1v) is 8.95. The quantitative estimate of drug-likeness (QED) is 0.451. The number of aromatic nitrogens is 2. The predicted octanol–water partition coefficient (Wildman–Crippen LogP) is 4.95. The summed E-state index contributed by atoms with van der Waals surface area (Å²) in [6.45, 7) is 0. The summed E-state index contributed by atoms with van der Waals surface area (Å²) in [7, 11) is 1.65. The van der Waals surface area contributed by atoms with E-state index in [1.165, 1.54) is 0 Å². The molecular formula is C23H19N3O2. The van der Waals surface area contributed by atoms with Crippen LogP contribution in [-0.2, 0) is 0 Å². The Labute approximate surface area is 163 Å². The summed E-state index contributed by atoms with van der Waals surface area (Å²) < 4.78 is 10.7. The summed E-state index contributed by atoms with van der Waals surface area (Å²) in [5.74, 6) is 1.81. The maximum Gasteiger partial charge on any atom is 0.258 e. The first-order valence-electron chi connectivity index (χ1n) is 8.95. The van der Waals surface area contributed by atoms with Crippen molar-refractivity contribution in [1.29, 1.82) is 0 Å². The largest absolute Gasteiger partial charge is 0.497 e. The minimum atomic E-state index is -0.357. The van der Waals surface area contributed by atoms with Crippen LogP contribution in [0.5, 0.6) is 5.75 Å². The van der Waals surface area contributed by atoms with E-state index < -0.39 is 0 Å². The second kappa shape index (κ2) is 8.31. The number of hydrogen-bond acceptors (Lipinski definition) is 5. The highest BCUT2D eigenvalue weighted by molar-refractivity contribution is 5.80. The monoisotopic (exact) mass is 369 g/mol. The Morgan fingerprint density at radius 1 is 0.893 bits per heavy atom. The Bertz CT molecular complexity index is 1040. The van der Waals surface area contributed by atoms with Gasteiger partial charge in [0.2, 0.25) is 5.82 Å². The second-order valence-corrected chi connectivity index (χ2v) is 6.19. The molecule has 0 aliphatic heterocycles. The van der Waals surface area contributed by atoms with Crippen molar-refractivity contribution in [2.75, 3.05) is 7.11 Å². The molecule has 0 spiro atoms. The van der Waals surface area contributed by atoms with Gasteiger partial charge in [-0.3, -0.25) is 4.99 Å². The molecular weight excluding hydrogens is 350 g/mol. The Balaban J connectivity index is 1.66. The zero-order chi connectivity index (χ0) is 19.2. The maximum atomic E-state index is 5.48. The summed E-state index contributed by atoms with van der Waals surface area (Å²) in [6, 6.07) is 27.0. The molecule has 1 unspecified atom stereocenters. The molecule has 28 heavy (non-hydrogen) atoms. The lowest BCUT2D eigenvalue weighted by atomic mass is 10.1. The normalized spacial score (nSPS) is 12.2. The van der Waals surface area contributed by atoms with Crippen LogP contribution in [0.3, 0.4) is 0 Å². The zero-order valence-corrected chi connectivity index (χ0v) is 15.4. The molecule has 1 atom stereocenters. The minimum absolute atomic E-state index is 0.357. The topological polar surface area (TPSA) is 60.5 Å².